The van der Waals surface area contributed by atoms with Gasteiger partial charge in [-0.05, 0) is 67.7 Å². The predicted molar refractivity (Wildman–Crippen MR) is 110 cm³/mol. The molecule has 2 atom stereocenters. The van der Waals surface area contributed by atoms with Crippen molar-refractivity contribution in [3.8, 4) is 11.5 Å². The summed E-state index contributed by atoms with van der Waals surface area (Å²) in [7, 11) is 0. The number of hydrogen-bond donors (Lipinski definition) is 0. The third-order valence-corrected chi connectivity index (χ3v) is 6.52. The molecule has 2 aromatic rings. The molecule has 0 amide bonds. The summed E-state index contributed by atoms with van der Waals surface area (Å²) in [6.07, 6.45) is 4.22. The van der Waals surface area contributed by atoms with Crippen LogP contribution in [0.4, 0.5) is 4.39 Å². The SMILES string of the molecule is Cc1ccccc1C1CCN(CC2CCCc3c4c(cc(F)c32)OCO4)C1.Cl. The average molecular weight is 404 g/mol. The second-order valence-electron chi connectivity index (χ2n) is 8.18. The smallest absolute Gasteiger partial charge is 0.231 e. The van der Waals surface area contributed by atoms with Crippen LogP contribution in [0.5, 0.6) is 11.5 Å². The largest absolute Gasteiger partial charge is 0.453 e. The summed E-state index contributed by atoms with van der Waals surface area (Å²) in [6.45, 7) is 5.51. The minimum Gasteiger partial charge on any atom is -0.453 e. The van der Waals surface area contributed by atoms with Gasteiger partial charge in [0.2, 0.25) is 6.79 Å². The maximum absolute atomic E-state index is 14.9. The Morgan fingerprint density at radius 3 is 2.89 bits per heavy atom. The number of aryl methyl sites for hydroxylation is 1. The molecule has 1 saturated heterocycles. The van der Waals surface area contributed by atoms with E-state index in [2.05, 4.69) is 36.1 Å². The fourth-order valence-corrected chi connectivity index (χ4v) is 5.24. The lowest BCUT2D eigenvalue weighted by atomic mass is 9.81. The van der Waals surface area contributed by atoms with Gasteiger partial charge in [0, 0.05) is 24.7 Å². The van der Waals surface area contributed by atoms with E-state index >= 15 is 0 Å². The standard InChI is InChI=1S/C23H26FNO2.ClH/c1-15-5-2-3-7-18(15)16-9-10-25(12-16)13-17-6-4-8-19-22(17)20(24)11-21-23(19)27-14-26-21;/h2-3,5,7,11,16-17H,4,6,8-10,12-14H2,1H3;1H. The third-order valence-electron chi connectivity index (χ3n) is 6.52. The van der Waals surface area contributed by atoms with Gasteiger partial charge in [0.25, 0.3) is 0 Å². The predicted octanol–water partition coefficient (Wildman–Crippen LogP) is 5.19. The highest BCUT2D eigenvalue weighted by Gasteiger charge is 2.34. The van der Waals surface area contributed by atoms with E-state index in [1.807, 2.05) is 0 Å². The highest BCUT2D eigenvalue weighted by Crippen LogP contribution is 2.46. The van der Waals surface area contributed by atoms with Gasteiger partial charge in [0.1, 0.15) is 5.82 Å². The van der Waals surface area contributed by atoms with E-state index in [0.29, 0.717) is 11.7 Å². The molecule has 0 saturated carbocycles. The van der Waals surface area contributed by atoms with Crippen molar-refractivity contribution in [3.63, 3.8) is 0 Å². The van der Waals surface area contributed by atoms with Gasteiger partial charge in [-0.1, -0.05) is 24.3 Å². The van der Waals surface area contributed by atoms with E-state index in [-0.39, 0.29) is 30.9 Å². The van der Waals surface area contributed by atoms with Gasteiger partial charge in [-0.3, -0.25) is 0 Å². The van der Waals surface area contributed by atoms with Crippen molar-refractivity contribution in [1.82, 2.24) is 4.90 Å². The summed E-state index contributed by atoms with van der Waals surface area (Å²) in [6, 6.07) is 10.2. The Bertz CT molecular complexity index is 872. The number of rotatable bonds is 3. The number of nitrogens with zero attached hydrogens (tertiary/aromatic N) is 1. The number of likely N-dealkylation sites (tertiary alicyclic amines) is 1. The van der Waals surface area contributed by atoms with Crippen LogP contribution in [0.25, 0.3) is 0 Å². The maximum atomic E-state index is 14.9. The maximum Gasteiger partial charge on any atom is 0.231 e. The Balaban J connectivity index is 0.00000192. The lowest BCUT2D eigenvalue weighted by molar-refractivity contribution is 0.173. The van der Waals surface area contributed by atoms with E-state index in [9.17, 15) is 4.39 Å². The Morgan fingerprint density at radius 2 is 2.04 bits per heavy atom. The Labute approximate surface area is 172 Å². The molecule has 1 aliphatic carbocycles. The van der Waals surface area contributed by atoms with Gasteiger partial charge < -0.3 is 14.4 Å². The average Bonchev–Trinajstić information content (AvgIpc) is 3.32. The van der Waals surface area contributed by atoms with Crippen LogP contribution >= 0.6 is 12.4 Å². The molecule has 2 heterocycles. The van der Waals surface area contributed by atoms with Gasteiger partial charge >= 0.3 is 0 Å². The zero-order chi connectivity index (χ0) is 18.4. The lowest BCUT2D eigenvalue weighted by Gasteiger charge is -2.30. The van der Waals surface area contributed by atoms with Crippen LogP contribution in [0.1, 0.15) is 53.4 Å². The second kappa shape index (κ2) is 7.92. The van der Waals surface area contributed by atoms with E-state index in [4.69, 9.17) is 9.47 Å². The van der Waals surface area contributed by atoms with Gasteiger partial charge in [0.05, 0.1) is 0 Å². The molecule has 2 aromatic carbocycles. The molecule has 2 unspecified atom stereocenters. The Kier molecular flexibility index (Phi) is 5.52. The minimum atomic E-state index is -0.117. The van der Waals surface area contributed by atoms with Crippen molar-refractivity contribution in [3.05, 3.63) is 58.4 Å². The molecule has 5 heteroatoms. The fraction of sp³-hybridized carbons (Fsp3) is 0.478. The van der Waals surface area contributed by atoms with E-state index < -0.39 is 0 Å². The Hall–Kier alpha value is -1.78. The number of halogens is 2. The van der Waals surface area contributed by atoms with E-state index in [1.54, 1.807) is 0 Å². The zero-order valence-corrected chi connectivity index (χ0v) is 17.1. The van der Waals surface area contributed by atoms with Crippen LogP contribution < -0.4 is 9.47 Å². The number of benzene rings is 2. The third kappa shape index (κ3) is 3.37. The fourth-order valence-electron chi connectivity index (χ4n) is 5.24. The summed E-state index contributed by atoms with van der Waals surface area (Å²) >= 11 is 0. The van der Waals surface area contributed by atoms with E-state index in [1.165, 1.54) is 23.6 Å². The van der Waals surface area contributed by atoms with Crippen LogP contribution in [-0.2, 0) is 6.42 Å². The van der Waals surface area contributed by atoms with Crippen molar-refractivity contribution in [2.24, 2.45) is 0 Å². The van der Waals surface area contributed by atoms with Crippen molar-refractivity contribution < 1.29 is 13.9 Å². The minimum absolute atomic E-state index is 0. The van der Waals surface area contributed by atoms with Crippen molar-refractivity contribution >= 4 is 12.4 Å². The lowest BCUT2D eigenvalue weighted by Crippen LogP contribution is -2.29. The number of fused-ring (bicyclic) bond motifs is 3. The van der Waals surface area contributed by atoms with Gasteiger partial charge in [-0.15, -0.1) is 12.4 Å². The molecule has 0 aromatic heterocycles. The zero-order valence-electron chi connectivity index (χ0n) is 16.2. The van der Waals surface area contributed by atoms with Gasteiger partial charge in [0.15, 0.2) is 11.5 Å². The number of ether oxygens (including phenoxy) is 2. The van der Waals surface area contributed by atoms with Crippen LogP contribution in [0, 0.1) is 12.7 Å². The molecule has 28 heavy (non-hydrogen) atoms. The summed E-state index contributed by atoms with van der Waals surface area (Å²) in [4.78, 5) is 2.53. The molecular weight excluding hydrogens is 377 g/mol. The van der Waals surface area contributed by atoms with Crippen molar-refractivity contribution in [2.75, 3.05) is 26.4 Å². The highest BCUT2D eigenvalue weighted by atomic mass is 35.5. The molecule has 0 bridgehead atoms. The molecule has 3 aliphatic rings. The summed E-state index contributed by atoms with van der Waals surface area (Å²) in [5, 5.41) is 0. The van der Waals surface area contributed by atoms with Crippen LogP contribution in [0.15, 0.2) is 30.3 Å². The Morgan fingerprint density at radius 1 is 1.18 bits per heavy atom. The summed E-state index contributed by atoms with van der Waals surface area (Å²) < 4.78 is 26.0. The molecule has 2 aliphatic heterocycles. The second-order valence-corrected chi connectivity index (χ2v) is 8.18. The van der Waals surface area contributed by atoms with Crippen molar-refractivity contribution in [2.45, 2.75) is 44.4 Å². The molecule has 0 N–H and O–H groups in total. The number of hydrogen-bond acceptors (Lipinski definition) is 3. The first-order chi connectivity index (χ1) is 13.2. The van der Waals surface area contributed by atoms with Gasteiger partial charge in [-0.2, -0.15) is 0 Å². The topological polar surface area (TPSA) is 21.7 Å². The molecule has 0 radical (unpaired) electrons. The first-order valence-corrected chi connectivity index (χ1v) is 10.1. The molecule has 0 spiro atoms. The van der Waals surface area contributed by atoms with Crippen LogP contribution in [0.2, 0.25) is 0 Å². The molecule has 1 fully saturated rings. The van der Waals surface area contributed by atoms with Crippen LogP contribution in [0.3, 0.4) is 0 Å². The first-order valence-electron chi connectivity index (χ1n) is 10.1. The summed E-state index contributed by atoms with van der Waals surface area (Å²) in [5.74, 6) is 2.09. The summed E-state index contributed by atoms with van der Waals surface area (Å²) in [5.41, 5.74) is 4.78. The molecule has 3 nitrogen and oxygen atoms in total. The molecular formula is C23H27ClFNO2. The van der Waals surface area contributed by atoms with E-state index in [0.717, 1.165) is 55.8 Å². The quantitative estimate of drug-likeness (QED) is 0.703. The molecule has 150 valence electrons. The normalized spacial score (nSPS) is 23.4. The van der Waals surface area contributed by atoms with Gasteiger partial charge in [-0.25, -0.2) is 4.39 Å². The highest BCUT2D eigenvalue weighted by molar-refractivity contribution is 5.85. The molecule has 5 rings (SSSR count). The first kappa shape index (κ1) is 19.5. The monoisotopic (exact) mass is 403 g/mol. The van der Waals surface area contributed by atoms with Crippen LogP contribution in [-0.4, -0.2) is 31.3 Å². The van der Waals surface area contributed by atoms with Crippen molar-refractivity contribution in [1.29, 1.82) is 0 Å².